The van der Waals surface area contributed by atoms with Crippen LogP contribution in [-0.2, 0) is 0 Å². The number of carbonyl (C=O) groups excluding carboxylic acids is 1. The van der Waals surface area contributed by atoms with E-state index in [1.54, 1.807) is 0 Å². The van der Waals surface area contributed by atoms with Crippen LogP contribution < -0.4 is 5.73 Å². The van der Waals surface area contributed by atoms with E-state index in [9.17, 15) is 4.79 Å². The van der Waals surface area contributed by atoms with E-state index in [0.717, 1.165) is 4.68 Å². The number of primary amides is 1. The van der Waals surface area contributed by atoms with Crippen LogP contribution in [0.25, 0.3) is 0 Å². The molecule has 0 atom stereocenters. The number of halogens is 1. The van der Waals surface area contributed by atoms with Crippen molar-refractivity contribution in [3.63, 3.8) is 0 Å². The lowest BCUT2D eigenvalue weighted by Crippen LogP contribution is -2.19. The first-order chi connectivity index (χ1) is 3.80. The standard InChI is InChI=1S/C3H4N4O.ClH/c4-3(8)7-2-1-5-6-7;/h1-2H,(H2,4,8);1H. The van der Waals surface area contributed by atoms with Gasteiger partial charge in [-0.15, -0.1) is 17.5 Å². The third-order valence-electron chi connectivity index (χ3n) is 0.648. The van der Waals surface area contributed by atoms with Crippen LogP contribution in [0.5, 0.6) is 0 Å². The zero-order valence-electron chi connectivity index (χ0n) is 4.39. The fourth-order valence-electron chi connectivity index (χ4n) is 0.326. The summed E-state index contributed by atoms with van der Waals surface area (Å²) in [5, 5.41) is 6.66. The van der Waals surface area contributed by atoms with E-state index in [-0.39, 0.29) is 12.4 Å². The first-order valence-corrected chi connectivity index (χ1v) is 1.97. The van der Waals surface area contributed by atoms with Crippen molar-refractivity contribution in [2.24, 2.45) is 5.73 Å². The van der Waals surface area contributed by atoms with E-state index in [1.807, 2.05) is 0 Å². The van der Waals surface area contributed by atoms with Gasteiger partial charge in [-0.2, -0.15) is 4.68 Å². The molecule has 1 heterocycles. The molecule has 50 valence electrons. The molecule has 1 rings (SSSR count). The number of aromatic nitrogens is 3. The van der Waals surface area contributed by atoms with Crippen LogP contribution in [0.4, 0.5) is 4.79 Å². The predicted octanol–water partition coefficient (Wildman–Crippen LogP) is -0.373. The Morgan fingerprint density at radius 1 is 1.67 bits per heavy atom. The van der Waals surface area contributed by atoms with Crippen LogP contribution in [0.15, 0.2) is 12.4 Å². The van der Waals surface area contributed by atoms with Crippen LogP contribution in [0.3, 0.4) is 0 Å². The summed E-state index contributed by atoms with van der Waals surface area (Å²) in [6, 6.07) is -0.623. The van der Waals surface area contributed by atoms with Gasteiger partial charge in [0.1, 0.15) is 0 Å². The van der Waals surface area contributed by atoms with Crippen molar-refractivity contribution in [3.05, 3.63) is 12.4 Å². The lowest BCUT2D eigenvalue weighted by atomic mass is 10.9. The molecule has 6 heteroatoms. The summed E-state index contributed by atoms with van der Waals surface area (Å²) in [5.74, 6) is 0. The summed E-state index contributed by atoms with van der Waals surface area (Å²) in [6.45, 7) is 0. The van der Waals surface area contributed by atoms with Crippen molar-refractivity contribution in [1.82, 2.24) is 15.0 Å². The summed E-state index contributed by atoms with van der Waals surface area (Å²) in [7, 11) is 0. The molecule has 0 bridgehead atoms. The van der Waals surface area contributed by atoms with Gasteiger partial charge in [0.2, 0.25) is 0 Å². The summed E-state index contributed by atoms with van der Waals surface area (Å²) in [6.07, 6.45) is 2.76. The second kappa shape index (κ2) is 3.03. The van der Waals surface area contributed by atoms with E-state index in [1.165, 1.54) is 12.4 Å². The minimum Gasteiger partial charge on any atom is -0.350 e. The third kappa shape index (κ3) is 1.69. The molecule has 0 radical (unpaired) electrons. The molecule has 9 heavy (non-hydrogen) atoms. The Balaban J connectivity index is 0.000000640. The Kier molecular flexibility index (Phi) is 2.66. The number of nitrogens with two attached hydrogens (primary N) is 1. The predicted molar refractivity (Wildman–Crippen MR) is 32.3 cm³/mol. The van der Waals surface area contributed by atoms with Crippen molar-refractivity contribution < 1.29 is 4.79 Å². The second-order valence-corrected chi connectivity index (χ2v) is 1.19. The van der Waals surface area contributed by atoms with Crippen molar-refractivity contribution in [2.75, 3.05) is 0 Å². The summed E-state index contributed by atoms with van der Waals surface area (Å²) in [5.41, 5.74) is 4.78. The monoisotopic (exact) mass is 148 g/mol. The van der Waals surface area contributed by atoms with E-state index in [2.05, 4.69) is 10.3 Å². The van der Waals surface area contributed by atoms with Gasteiger partial charge in [0.05, 0.1) is 12.4 Å². The molecule has 0 saturated heterocycles. The van der Waals surface area contributed by atoms with Crippen LogP contribution >= 0.6 is 12.4 Å². The van der Waals surface area contributed by atoms with Crippen LogP contribution in [0, 0.1) is 0 Å². The van der Waals surface area contributed by atoms with Crippen molar-refractivity contribution in [1.29, 1.82) is 0 Å². The quantitative estimate of drug-likeness (QED) is 0.546. The number of carbonyl (C=O) groups is 1. The summed E-state index contributed by atoms with van der Waals surface area (Å²) in [4.78, 5) is 10.1. The Morgan fingerprint density at radius 3 is 2.56 bits per heavy atom. The highest BCUT2D eigenvalue weighted by Gasteiger charge is 1.93. The minimum atomic E-state index is -0.623. The van der Waals surface area contributed by atoms with Gasteiger partial charge in [-0.05, 0) is 0 Å². The van der Waals surface area contributed by atoms with E-state index < -0.39 is 6.03 Å². The van der Waals surface area contributed by atoms with Crippen LogP contribution in [0.1, 0.15) is 0 Å². The van der Waals surface area contributed by atoms with Crippen molar-refractivity contribution in [3.8, 4) is 0 Å². The zero-order chi connectivity index (χ0) is 5.98. The molecule has 0 aromatic carbocycles. The molecule has 0 aliphatic carbocycles. The van der Waals surface area contributed by atoms with E-state index in [0.29, 0.717) is 0 Å². The van der Waals surface area contributed by atoms with Gasteiger partial charge in [-0.3, -0.25) is 0 Å². The second-order valence-electron chi connectivity index (χ2n) is 1.19. The lowest BCUT2D eigenvalue weighted by Gasteiger charge is -1.84. The van der Waals surface area contributed by atoms with E-state index >= 15 is 0 Å². The molecule has 0 unspecified atom stereocenters. The van der Waals surface area contributed by atoms with Gasteiger partial charge in [0, 0.05) is 0 Å². The minimum absolute atomic E-state index is 0. The lowest BCUT2D eigenvalue weighted by molar-refractivity contribution is 0.247. The molecule has 0 fully saturated rings. The molecule has 1 aromatic heterocycles. The zero-order valence-corrected chi connectivity index (χ0v) is 5.21. The molecule has 0 saturated carbocycles. The third-order valence-corrected chi connectivity index (χ3v) is 0.648. The number of rotatable bonds is 0. The molecule has 0 aliphatic rings. The smallest absolute Gasteiger partial charge is 0.340 e. The summed E-state index contributed by atoms with van der Waals surface area (Å²) >= 11 is 0. The first kappa shape index (κ1) is 7.90. The van der Waals surface area contributed by atoms with Crippen molar-refractivity contribution >= 4 is 18.4 Å². The molecule has 0 spiro atoms. The molecular formula is C3H5ClN4O. The highest BCUT2D eigenvalue weighted by Crippen LogP contribution is 1.73. The Bertz CT molecular complexity index is 184. The van der Waals surface area contributed by atoms with E-state index in [4.69, 9.17) is 5.73 Å². The van der Waals surface area contributed by atoms with Gasteiger partial charge < -0.3 is 5.73 Å². The van der Waals surface area contributed by atoms with Gasteiger partial charge in [-0.25, -0.2) is 4.79 Å². The van der Waals surface area contributed by atoms with Gasteiger partial charge in [0.25, 0.3) is 0 Å². The highest BCUT2D eigenvalue weighted by atomic mass is 35.5. The highest BCUT2D eigenvalue weighted by molar-refractivity contribution is 5.85. The molecule has 5 nitrogen and oxygen atoms in total. The maximum atomic E-state index is 10.1. The first-order valence-electron chi connectivity index (χ1n) is 1.97. The molecule has 1 amide bonds. The topological polar surface area (TPSA) is 73.8 Å². The average molecular weight is 149 g/mol. The normalized spacial score (nSPS) is 8.00. The number of nitrogens with zero attached hydrogens (tertiary/aromatic N) is 3. The fraction of sp³-hybridized carbons (Fsp3) is 0. The number of amides is 1. The molecule has 0 aliphatic heterocycles. The summed E-state index contributed by atoms with van der Waals surface area (Å²) < 4.78 is 0.944. The van der Waals surface area contributed by atoms with Crippen molar-refractivity contribution in [2.45, 2.75) is 0 Å². The Hall–Kier alpha value is -1.10. The number of hydrogen-bond acceptors (Lipinski definition) is 3. The maximum Gasteiger partial charge on any atom is 0.340 e. The van der Waals surface area contributed by atoms with Gasteiger partial charge in [-0.1, -0.05) is 5.21 Å². The number of hydrogen-bond donors (Lipinski definition) is 1. The fourth-order valence-corrected chi connectivity index (χ4v) is 0.326. The van der Waals surface area contributed by atoms with Gasteiger partial charge in [0.15, 0.2) is 0 Å². The Morgan fingerprint density at radius 2 is 2.33 bits per heavy atom. The molecule has 2 N–H and O–H groups in total. The Labute approximate surface area is 57.2 Å². The molecular weight excluding hydrogens is 144 g/mol. The van der Waals surface area contributed by atoms with Crippen LogP contribution in [0.2, 0.25) is 0 Å². The van der Waals surface area contributed by atoms with Gasteiger partial charge >= 0.3 is 6.03 Å². The molecule has 1 aromatic rings. The largest absolute Gasteiger partial charge is 0.350 e. The maximum absolute atomic E-state index is 10.1. The van der Waals surface area contributed by atoms with Crippen LogP contribution in [-0.4, -0.2) is 21.0 Å². The average Bonchev–Trinajstić information content (AvgIpc) is 2.12. The SMILES string of the molecule is Cl.NC(=O)n1ccnn1.